The van der Waals surface area contributed by atoms with Crippen LogP contribution in [0.3, 0.4) is 0 Å². The van der Waals surface area contributed by atoms with Crippen molar-refractivity contribution in [1.82, 2.24) is 14.7 Å². The van der Waals surface area contributed by atoms with Crippen LogP contribution in [-0.2, 0) is 11.2 Å². The molecule has 5 nitrogen and oxygen atoms in total. The van der Waals surface area contributed by atoms with Crippen molar-refractivity contribution in [3.63, 3.8) is 0 Å². The number of likely N-dealkylation sites (tertiary alicyclic amines) is 1. The summed E-state index contributed by atoms with van der Waals surface area (Å²) in [5, 5.41) is 7.59. The highest BCUT2D eigenvalue weighted by molar-refractivity contribution is 5.78. The van der Waals surface area contributed by atoms with Gasteiger partial charge in [0.2, 0.25) is 5.91 Å². The van der Waals surface area contributed by atoms with Crippen molar-refractivity contribution in [2.24, 2.45) is 5.92 Å². The minimum atomic E-state index is -2.49. The summed E-state index contributed by atoms with van der Waals surface area (Å²) in [6.45, 7) is 3.00. The van der Waals surface area contributed by atoms with E-state index in [1.165, 1.54) is 16.8 Å². The number of aryl methyl sites for hydroxylation is 1. The van der Waals surface area contributed by atoms with E-state index in [1.54, 1.807) is 25.1 Å². The molecule has 8 heteroatoms. The lowest BCUT2D eigenvalue weighted by atomic mass is 9.85. The van der Waals surface area contributed by atoms with Gasteiger partial charge in [0.15, 0.2) is 0 Å². The van der Waals surface area contributed by atoms with Gasteiger partial charge in [-0.15, -0.1) is 0 Å². The third kappa shape index (κ3) is 4.26. The minimum Gasteiger partial charge on any atom is -0.367 e. The zero-order valence-corrected chi connectivity index (χ0v) is 16.3. The Balaban J connectivity index is 1.44. The molecular formula is C21H25F3N4O. The molecule has 1 fully saturated rings. The van der Waals surface area contributed by atoms with Gasteiger partial charge in [-0.25, -0.2) is 17.9 Å². The molecule has 3 atom stereocenters. The van der Waals surface area contributed by atoms with Gasteiger partial charge in [0.25, 0.3) is 6.43 Å². The fraction of sp³-hybridized carbons (Fsp3) is 0.524. The second kappa shape index (κ2) is 8.08. The van der Waals surface area contributed by atoms with E-state index >= 15 is 0 Å². The van der Waals surface area contributed by atoms with Crippen LogP contribution in [-0.4, -0.2) is 46.1 Å². The van der Waals surface area contributed by atoms with E-state index < -0.39 is 12.5 Å². The maximum Gasteiger partial charge on any atom is 0.260 e. The van der Waals surface area contributed by atoms with E-state index in [4.69, 9.17) is 0 Å². The van der Waals surface area contributed by atoms with Gasteiger partial charge in [0, 0.05) is 25.2 Å². The molecule has 0 aliphatic carbocycles. The SMILES string of the molecule is Cc1cc2n(n1)[C@@H](C(F)F)C[C@@H](C1CCCN(C(=O)Cc3ccc(F)cc3)C1)N2. The molecule has 1 saturated heterocycles. The van der Waals surface area contributed by atoms with Crippen LogP contribution >= 0.6 is 0 Å². The van der Waals surface area contributed by atoms with Crippen LogP contribution in [0.4, 0.5) is 19.0 Å². The second-order valence-corrected chi connectivity index (χ2v) is 8.05. The molecule has 3 heterocycles. The van der Waals surface area contributed by atoms with Gasteiger partial charge in [-0.2, -0.15) is 5.10 Å². The lowest BCUT2D eigenvalue weighted by Crippen LogP contribution is -2.48. The molecule has 2 aliphatic rings. The number of hydrogen-bond acceptors (Lipinski definition) is 3. The Morgan fingerprint density at radius 1 is 1.31 bits per heavy atom. The Morgan fingerprint density at radius 2 is 2.07 bits per heavy atom. The molecule has 29 heavy (non-hydrogen) atoms. The highest BCUT2D eigenvalue weighted by Gasteiger charge is 2.38. The summed E-state index contributed by atoms with van der Waals surface area (Å²) in [5.74, 6) is 0.388. The molecule has 2 aromatic rings. The van der Waals surface area contributed by atoms with Gasteiger partial charge < -0.3 is 10.2 Å². The van der Waals surface area contributed by atoms with Crippen LogP contribution in [0.5, 0.6) is 0 Å². The fourth-order valence-corrected chi connectivity index (χ4v) is 4.46. The van der Waals surface area contributed by atoms with Crippen molar-refractivity contribution < 1.29 is 18.0 Å². The van der Waals surface area contributed by atoms with Crippen LogP contribution in [0.25, 0.3) is 0 Å². The topological polar surface area (TPSA) is 50.2 Å². The number of rotatable bonds is 4. The second-order valence-electron chi connectivity index (χ2n) is 8.05. The molecule has 0 saturated carbocycles. The van der Waals surface area contributed by atoms with Crippen molar-refractivity contribution in [3.05, 3.63) is 47.4 Å². The van der Waals surface area contributed by atoms with Crippen molar-refractivity contribution in [1.29, 1.82) is 0 Å². The number of piperidine rings is 1. The lowest BCUT2D eigenvalue weighted by Gasteiger charge is -2.41. The summed E-state index contributed by atoms with van der Waals surface area (Å²) in [5.41, 5.74) is 1.48. The highest BCUT2D eigenvalue weighted by Crippen LogP contribution is 2.36. The molecule has 1 N–H and O–H groups in total. The Bertz CT molecular complexity index is 867. The number of anilines is 1. The molecule has 1 amide bonds. The average Bonchev–Trinajstić information content (AvgIpc) is 3.09. The van der Waals surface area contributed by atoms with Crippen LogP contribution in [0.1, 0.15) is 36.6 Å². The third-order valence-corrected chi connectivity index (χ3v) is 5.94. The predicted octanol–water partition coefficient (Wildman–Crippen LogP) is 3.80. The summed E-state index contributed by atoms with van der Waals surface area (Å²) < 4.78 is 41.8. The summed E-state index contributed by atoms with van der Waals surface area (Å²) in [6, 6.07) is 6.66. The zero-order chi connectivity index (χ0) is 20.5. The first kappa shape index (κ1) is 19.8. The van der Waals surface area contributed by atoms with Gasteiger partial charge in [0.05, 0.1) is 12.1 Å². The molecule has 1 aromatic carbocycles. The number of fused-ring (bicyclic) bond motifs is 1. The molecule has 1 unspecified atom stereocenters. The number of benzene rings is 1. The maximum absolute atomic E-state index is 13.6. The number of nitrogens with zero attached hydrogens (tertiary/aromatic N) is 3. The Hall–Kier alpha value is -2.51. The van der Waals surface area contributed by atoms with Crippen molar-refractivity contribution in [3.8, 4) is 0 Å². The Labute approximate surface area is 167 Å². The predicted molar refractivity (Wildman–Crippen MR) is 103 cm³/mol. The van der Waals surface area contributed by atoms with Gasteiger partial charge in [-0.05, 0) is 49.8 Å². The quantitative estimate of drug-likeness (QED) is 0.840. The largest absolute Gasteiger partial charge is 0.367 e. The van der Waals surface area contributed by atoms with E-state index in [0.717, 1.165) is 18.4 Å². The van der Waals surface area contributed by atoms with E-state index in [1.807, 2.05) is 4.90 Å². The average molecular weight is 406 g/mol. The maximum atomic E-state index is 13.6. The summed E-state index contributed by atoms with van der Waals surface area (Å²) >= 11 is 0. The molecule has 0 radical (unpaired) electrons. The number of amides is 1. The monoisotopic (exact) mass is 406 g/mol. The van der Waals surface area contributed by atoms with Crippen LogP contribution in [0.2, 0.25) is 0 Å². The molecule has 0 spiro atoms. The standard InChI is InChI=1S/C21H25F3N4O/c1-13-9-19-25-17(11-18(21(23)24)28(19)26-13)15-3-2-8-27(12-15)20(29)10-14-4-6-16(22)7-5-14/h4-7,9,15,17-18,21,25H,2-3,8,10-12H2,1H3/t15?,17-,18+/m0/s1. The summed E-state index contributed by atoms with van der Waals surface area (Å²) in [6.07, 6.45) is -0.249. The number of nitrogens with one attached hydrogen (secondary N) is 1. The normalized spacial score (nSPS) is 24.3. The number of aromatic nitrogens is 2. The first-order valence-electron chi connectivity index (χ1n) is 10.0. The van der Waals surface area contributed by atoms with Gasteiger partial charge in [-0.3, -0.25) is 4.79 Å². The number of hydrogen-bond donors (Lipinski definition) is 1. The van der Waals surface area contributed by atoms with Gasteiger partial charge in [-0.1, -0.05) is 12.1 Å². The fourth-order valence-electron chi connectivity index (χ4n) is 4.46. The number of carbonyl (C=O) groups excluding carboxylic acids is 1. The number of alkyl halides is 2. The minimum absolute atomic E-state index is 0.0107. The molecule has 4 rings (SSSR count). The van der Waals surface area contributed by atoms with E-state index in [0.29, 0.717) is 24.6 Å². The highest BCUT2D eigenvalue weighted by atomic mass is 19.3. The van der Waals surface area contributed by atoms with Crippen molar-refractivity contribution >= 4 is 11.7 Å². The first-order valence-corrected chi connectivity index (χ1v) is 10.0. The van der Waals surface area contributed by atoms with Crippen molar-refractivity contribution in [2.45, 2.75) is 51.1 Å². The van der Waals surface area contributed by atoms with E-state index in [9.17, 15) is 18.0 Å². The summed E-state index contributed by atoms with van der Waals surface area (Å²) in [7, 11) is 0. The van der Waals surface area contributed by atoms with Crippen LogP contribution < -0.4 is 5.32 Å². The molecule has 156 valence electrons. The molecule has 0 bridgehead atoms. The Kier molecular flexibility index (Phi) is 5.52. The molecule has 2 aliphatic heterocycles. The molecule has 1 aromatic heterocycles. The van der Waals surface area contributed by atoms with E-state index in [2.05, 4.69) is 10.4 Å². The Morgan fingerprint density at radius 3 is 2.79 bits per heavy atom. The first-order chi connectivity index (χ1) is 13.9. The zero-order valence-electron chi connectivity index (χ0n) is 16.3. The third-order valence-electron chi connectivity index (χ3n) is 5.94. The number of carbonyl (C=O) groups is 1. The van der Waals surface area contributed by atoms with Crippen molar-refractivity contribution in [2.75, 3.05) is 18.4 Å². The van der Waals surface area contributed by atoms with Gasteiger partial charge >= 0.3 is 0 Å². The van der Waals surface area contributed by atoms with Crippen LogP contribution in [0, 0.1) is 18.7 Å². The number of halogens is 3. The smallest absolute Gasteiger partial charge is 0.260 e. The van der Waals surface area contributed by atoms with Gasteiger partial charge in [0.1, 0.15) is 17.7 Å². The van der Waals surface area contributed by atoms with E-state index in [-0.39, 0.29) is 36.5 Å². The van der Waals surface area contributed by atoms with Crippen LogP contribution in [0.15, 0.2) is 30.3 Å². The lowest BCUT2D eigenvalue weighted by molar-refractivity contribution is -0.132. The summed E-state index contributed by atoms with van der Waals surface area (Å²) in [4.78, 5) is 14.5. The molecular weight excluding hydrogens is 381 g/mol.